The van der Waals surface area contributed by atoms with Crippen LogP contribution in [-0.4, -0.2) is 23.0 Å². The van der Waals surface area contributed by atoms with Crippen molar-refractivity contribution in [1.29, 1.82) is 0 Å². The fraction of sp³-hybridized carbons (Fsp3) is 0.400. The number of esters is 1. The maximum atomic E-state index is 11.6. The molecule has 0 spiro atoms. The van der Waals surface area contributed by atoms with Gasteiger partial charge in [-0.2, -0.15) is 0 Å². The van der Waals surface area contributed by atoms with Crippen molar-refractivity contribution >= 4 is 28.5 Å². The molecule has 4 heteroatoms. The lowest BCUT2D eigenvalue weighted by atomic mass is 10.1. The Hall–Kier alpha value is -1.48. The molecule has 0 atom stereocenters. The molecule has 2 aromatic rings. The van der Waals surface area contributed by atoms with Gasteiger partial charge in [-0.25, -0.2) is 0 Å². The normalized spacial score (nSPS) is 10.8. The summed E-state index contributed by atoms with van der Waals surface area (Å²) < 4.78 is 7.17. The monoisotopic (exact) mass is 279 g/mol. The molecule has 0 bridgehead atoms. The van der Waals surface area contributed by atoms with Crippen LogP contribution in [0, 0.1) is 0 Å². The van der Waals surface area contributed by atoms with E-state index in [0.29, 0.717) is 18.9 Å². The summed E-state index contributed by atoms with van der Waals surface area (Å²) in [6.45, 7) is 3.11. The highest BCUT2D eigenvalue weighted by atomic mass is 35.5. The van der Waals surface area contributed by atoms with Crippen LogP contribution in [0.4, 0.5) is 0 Å². The number of ether oxygens (including phenoxy) is 1. The lowest BCUT2D eigenvalue weighted by Crippen LogP contribution is -2.07. The van der Waals surface area contributed by atoms with Crippen molar-refractivity contribution in [2.45, 2.75) is 26.3 Å². The number of hydrogen-bond acceptors (Lipinski definition) is 2. The van der Waals surface area contributed by atoms with Gasteiger partial charge in [0.05, 0.1) is 13.0 Å². The van der Waals surface area contributed by atoms with Crippen molar-refractivity contribution in [3.63, 3.8) is 0 Å². The smallest absolute Gasteiger partial charge is 0.310 e. The van der Waals surface area contributed by atoms with Crippen LogP contribution in [0.2, 0.25) is 0 Å². The predicted molar refractivity (Wildman–Crippen MR) is 77.6 cm³/mol. The number of halogens is 1. The van der Waals surface area contributed by atoms with E-state index in [0.717, 1.165) is 29.4 Å². The molecule has 0 radical (unpaired) electrons. The highest BCUT2D eigenvalue weighted by Crippen LogP contribution is 2.22. The van der Waals surface area contributed by atoms with E-state index < -0.39 is 0 Å². The standard InChI is InChI=1S/C15H18ClNO2/c1-2-19-15(18)10-12-11-17(9-5-8-16)14-7-4-3-6-13(12)14/h3-4,6-7,11H,2,5,8-10H2,1H3. The van der Waals surface area contributed by atoms with Gasteiger partial charge in [0.25, 0.3) is 0 Å². The van der Waals surface area contributed by atoms with Crippen molar-refractivity contribution in [2.24, 2.45) is 0 Å². The summed E-state index contributed by atoms with van der Waals surface area (Å²) in [6, 6.07) is 8.11. The van der Waals surface area contributed by atoms with Gasteiger partial charge in [0, 0.05) is 29.5 Å². The molecule has 19 heavy (non-hydrogen) atoms. The zero-order valence-corrected chi connectivity index (χ0v) is 11.8. The molecule has 1 aromatic heterocycles. The molecule has 0 amide bonds. The summed E-state index contributed by atoms with van der Waals surface area (Å²) in [5.41, 5.74) is 2.16. The quantitative estimate of drug-likeness (QED) is 0.600. The summed E-state index contributed by atoms with van der Waals surface area (Å²) in [7, 11) is 0. The Morgan fingerprint density at radius 2 is 2.16 bits per heavy atom. The Balaban J connectivity index is 2.30. The third kappa shape index (κ3) is 3.29. The van der Waals surface area contributed by atoms with E-state index in [1.54, 1.807) is 0 Å². The summed E-state index contributed by atoms with van der Waals surface area (Å²) in [6.07, 6.45) is 3.27. The minimum Gasteiger partial charge on any atom is -0.466 e. The molecule has 0 aliphatic rings. The van der Waals surface area contributed by atoms with E-state index in [9.17, 15) is 4.79 Å². The first-order valence-corrected chi connectivity index (χ1v) is 7.08. The summed E-state index contributed by atoms with van der Waals surface area (Å²) >= 11 is 5.75. The fourth-order valence-electron chi connectivity index (χ4n) is 2.25. The molecular formula is C15H18ClNO2. The zero-order chi connectivity index (χ0) is 13.7. The SMILES string of the molecule is CCOC(=O)Cc1cn(CCCCl)c2ccccc12. The molecule has 2 rings (SSSR count). The number of benzene rings is 1. The van der Waals surface area contributed by atoms with Crippen molar-refractivity contribution in [3.8, 4) is 0 Å². The minimum atomic E-state index is -0.178. The number of para-hydroxylation sites is 1. The first-order chi connectivity index (χ1) is 9.26. The Morgan fingerprint density at radius 1 is 1.37 bits per heavy atom. The average molecular weight is 280 g/mol. The molecule has 3 nitrogen and oxygen atoms in total. The number of alkyl halides is 1. The highest BCUT2D eigenvalue weighted by molar-refractivity contribution is 6.17. The molecule has 0 N–H and O–H groups in total. The highest BCUT2D eigenvalue weighted by Gasteiger charge is 2.11. The topological polar surface area (TPSA) is 31.2 Å². The van der Waals surface area contributed by atoms with Gasteiger partial charge in [-0.05, 0) is 25.0 Å². The predicted octanol–water partition coefficient (Wildman–Crippen LogP) is 3.38. The lowest BCUT2D eigenvalue weighted by molar-refractivity contribution is -0.142. The van der Waals surface area contributed by atoms with Gasteiger partial charge in [-0.15, -0.1) is 11.6 Å². The molecule has 0 saturated carbocycles. The molecule has 0 fully saturated rings. The molecular weight excluding hydrogens is 262 g/mol. The Kier molecular flexibility index (Phi) is 4.86. The van der Waals surface area contributed by atoms with Crippen LogP contribution in [0.3, 0.4) is 0 Å². The number of nitrogens with zero attached hydrogens (tertiary/aromatic N) is 1. The molecule has 0 unspecified atom stereocenters. The number of hydrogen-bond donors (Lipinski definition) is 0. The third-order valence-corrected chi connectivity index (χ3v) is 3.31. The number of rotatable bonds is 6. The van der Waals surface area contributed by atoms with Crippen LogP contribution < -0.4 is 0 Å². The van der Waals surface area contributed by atoms with E-state index in [-0.39, 0.29) is 5.97 Å². The van der Waals surface area contributed by atoms with Crippen molar-refractivity contribution in [2.75, 3.05) is 12.5 Å². The first-order valence-electron chi connectivity index (χ1n) is 6.54. The summed E-state index contributed by atoms with van der Waals surface area (Å²) in [4.78, 5) is 11.6. The van der Waals surface area contributed by atoms with E-state index >= 15 is 0 Å². The van der Waals surface area contributed by atoms with Crippen LogP contribution in [-0.2, 0) is 22.5 Å². The van der Waals surface area contributed by atoms with Gasteiger partial charge in [0.15, 0.2) is 0 Å². The molecule has 102 valence electrons. The van der Waals surface area contributed by atoms with Gasteiger partial charge in [-0.1, -0.05) is 18.2 Å². The number of carbonyl (C=O) groups excluding carboxylic acids is 1. The van der Waals surface area contributed by atoms with Gasteiger partial charge >= 0.3 is 5.97 Å². The third-order valence-electron chi connectivity index (χ3n) is 3.04. The molecule has 1 heterocycles. The van der Waals surface area contributed by atoms with Crippen molar-refractivity contribution in [1.82, 2.24) is 4.57 Å². The maximum absolute atomic E-state index is 11.6. The Bertz CT molecular complexity index is 562. The number of fused-ring (bicyclic) bond motifs is 1. The molecule has 0 aliphatic heterocycles. The van der Waals surface area contributed by atoms with E-state index in [1.807, 2.05) is 31.3 Å². The molecule has 0 aliphatic carbocycles. The largest absolute Gasteiger partial charge is 0.466 e. The van der Waals surface area contributed by atoms with Crippen LogP contribution >= 0.6 is 11.6 Å². The zero-order valence-electron chi connectivity index (χ0n) is 11.1. The van der Waals surface area contributed by atoms with Crippen LogP contribution in [0.5, 0.6) is 0 Å². The molecule has 1 aromatic carbocycles. The second kappa shape index (κ2) is 6.62. The second-order valence-electron chi connectivity index (χ2n) is 4.39. The number of aromatic nitrogens is 1. The summed E-state index contributed by atoms with van der Waals surface area (Å²) in [5, 5.41) is 1.12. The minimum absolute atomic E-state index is 0.178. The van der Waals surface area contributed by atoms with Crippen molar-refractivity contribution in [3.05, 3.63) is 36.0 Å². The fourth-order valence-corrected chi connectivity index (χ4v) is 2.37. The first kappa shape index (κ1) is 13.9. The Morgan fingerprint density at radius 3 is 2.89 bits per heavy atom. The van der Waals surface area contributed by atoms with Crippen LogP contribution in [0.15, 0.2) is 30.5 Å². The van der Waals surface area contributed by atoms with Gasteiger partial charge in [0.1, 0.15) is 0 Å². The van der Waals surface area contributed by atoms with Gasteiger partial charge < -0.3 is 9.30 Å². The van der Waals surface area contributed by atoms with E-state index in [2.05, 4.69) is 10.6 Å². The lowest BCUT2D eigenvalue weighted by Gasteiger charge is -2.02. The average Bonchev–Trinajstić information content (AvgIpc) is 2.75. The van der Waals surface area contributed by atoms with E-state index in [1.165, 1.54) is 0 Å². The second-order valence-corrected chi connectivity index (χ2v) is 4.77. The number of carbonyl (C=O) groups is 1. The van der Waals surface area contributed by atoms with Gasteiger partial charge in [0.2, 0.25) is 0 Å². The van der Waals surface area contributed by atoms with Crippen LogP contribution in [0.25, 0.3) is 10.9 Å². The van der Waals surface area contributed by atoms with E-state index in [4.69, 9.17) is 16.3 Å². The summed E-state index contributed by atoms with van der Waals surface area (Å²) in [5.74, 6) is 0.461. The molecule has 0 saturated heterocycles. The maximum Gasteiger partial charge on any atom is 0.310 e. The van der Waals surface area contributed by atoms with Crippen LogP contribution in [0.1, 0.15) is 18.9 Å². The van der Waals surface area contributed by atoms with Gasteiger partial charge in [-0.3, -0.25) is 4.79 Å². The Labute approximate surface area is 118 Å². The number of aryl methyl sites for hydroxylation is 1. The van der Waals surface area contributed by atoms with Crippen molar-refractivity contribution < 1.29 is 9.53 Å².